The Morgan fingerprint density at radius 3 is 3.00 bits per heavy atom. The molecule has 0 atom stereocenters. The number of nitrogens with one attached hydrogen (secondary N) is 2. The number of aryl methyl sites for hydroxylation is 1. The molecule has 0 bridgehead atoms. The maximum atomic E-state index is 3.47. The summed E-state index contributed by atoms with van der Waals surface area (Å²) in [5.41, 5.74) is 4.54. The zero-order valence-electron chi connectivity index (χ0n) is 11.1. The van der Waals surface area contributed by atoms with Crippen molar-refractivity contribution in [1.82, 2.24) is 10.6 Å². The Morgan fingerprint density at radius 1 is 1.29 bits per heavy atom. The van der Waals surface area contributed by atoms with E-state index in [-0.39, 0.29) is 0 Å². The molecule has 2 rings (SSSR count). The van der Waals surface area contributed by atoms with Crippen LogP contribution in [0.1, 0.15) is 37.0 Å². The van der Waals surface area contributed by atoms with Crippen LogP contribution < -0.4 is 10.6 Å². The van der Waals surface area contributed by atoms with Gasteiger partial charge in [0, 0.05) is 12.6 Å². The fraction of sp³-hybridized carbons (Fsp3) is 0.600. The van der Waals surface area contributed by atoms with E-state index >= 15 is 0 Å². The molecule has 1 aromatic rings. The van der Waals surface area contributed by atoms with Crippen LogP contribution >= 0.6 is 0 Å². The summed E-state index contributed by atoms with van der Waals surface area (Å²) in [5.74, 6) is 0. The third-order valence-corrected chi connectivity index (χ3v) is 3.35. The molecular weight excluding hydrogens is 208 g/mol. The van der Waals surface area contributed by atoms with Gasteiger partial charge in [-0.25, -0.2) is 0 Å². The van der Waals surface area contributed by atoms with Crippen LogP contribution in [-0.2, 0) is 19.4 Å². The van der Waals surface area contributed by atoms with Crippen molar-refractivity contribution < 1.29 is 0 Å². The van der Waals surface area contributed by atoms with E-state index < -0.39 is 0 Å². The SMILES string of the molecule is CC(C)NCCCc1ccc2c(c1)CCNC2. The summed E-state index contributed by atoms with van der Waals surface area (Å²) in [6.07, 6.45) is 3.61. The van der Waals surface area contributed by atoms with E-state index in [0.717, 1.165) is 19.6 Å². The van der Waals surface area contributed by atoms with Gasteiger partial charge in [0.15, 0.2) is 0 Å². The van der Waals surface area contributed by atoms with Crippen LogP contribution in [0, 0.1) is 0 Å². The molecule has 0 spiro atoms. The highest BCUT2D eigenvalue weighted by atomic mass is 14.9. The molecule has 2 heteroatoms. The topological polar surface area (TPSA) is 24.1 Å². The van der Waals surface area contributed by atoms with E-state index in [2.05, 4.69) is 42.7 Å². The van der Waals surface area contributed by atoms with E-state index in [0.29, 0.717) is 6.04 Å². The number of benzene rings is 1. The molecule has 2 N–H and O–H groups in total. The predicted octanol–water partition coefficient (Wildman–Crippen LogP) is 2.26. The van der Waals surface area contributed by atoms with Crippen LogP contribution in [0.2, 0.25) is 0 Å². The first-order chi connectivity index (χ1) is 8.25. The molecule has 1 aliphatic heterocycles. The minimum Gasteiger partial charge on any atom is -0.315 e. The molecule has 1 aliphatic rings. The van der Waals surface area contributed by atoms with Crippen molar-refractivity contribution in [3.8, 4) is 0 Å². The van der Waals surface area contributed by atoms with Crippen molar-refractivity contribution in [1.29, 1.82) is 0 Å². The fourth-order valence-corrected chi connectivity index (χ4v) is 2.37. The average Bonchev–Trinajstić information content (AvgIpc) is 2.34. The van der Waals surface area contributed by atoms with Gasteiger partial charge in [-0.2, -0.15) is 0 Å². The molecule has 0 saturated carbocycles. The summed E-state index contributed by atoms with van der Waals surface area (Å²) in [6.45, 7) is 7.70. The Morgan fingerprint density at radius 2 is 2.18 bits per heavy atom. The molecule has 2 nitrogen and oxygen atoms in total. The summed E-state index contributed by atoms with van der Waals surface area (Å²) < 4.78 is 0. The van der Waals surface area contributed by atoms with Crippen LogP contribution in [0.25, 0.3) is 0 Å². The normalized spacial score (nSPS) is 15.0. The number of fused-ring (bicyclic) bond motifs is 1. The third kappa shape index (κ3) is 3.83. The molecular formula is C15H24N2. The summed E-state index contributed by atoms with van der Waals surface area (Å²) in [7, 11) is 0. The first-order valence-electron chi connectivity index (χ1n) is 6.80. The van der Waals surface area contributed by atoms with Crippen molar-refractivity contribution in [2.75, 3.05) is 13.1 Å². The number of rotatable bonds is 5. The van der Waals surface area contributed by atoms with Gasteiger partial charge >= 0.3 is 0 Å². The molecule has 0 aromatic heterocycles. The minimum atomic E-state index is 0.601. The standard InChI is InChI=1S/C15H24N2/c1-12(2)17-8-3-4-13-5-6-15-11-16-9-7-14(15)10-13/h5-6,10,12,16-17H,3-4,7-9,11H2,1-2H3. The lowest BCUT2D eigenvalue weighted by molar-refractivity contribution is 0.570. The highest BCUT2D eigenvalue weighted by Gasteiger charge is 2.08. The Balaban J connectivity index is 1.85. The Hall–Kier alpha value is -0.860. The third-order valence-electron chi connectivity index (χ3n) is 3.35. The van der Waals surface area contributed by atoms with Gasteiger partial charge in [-0.3, -0.25) is 0 Å². The Bertz CT molecular complexity index is 358. The van der Waals surface area contributed by atoms with Gasteiger partial charge in [0.2, 0.25) is 0 Å². The second kappa shape index (κ2) is 6.18. The van der Waals surface area contributed by atoms with Gasteiger partial charge in [0.1, 0.15) is 0 Å². The quantitative estimate of drug-likeness (QED) is 0.761. The van der Waals surface area contributed by atoms with Crippen molar-refractivity contribution in [3.05, 3.63) is 34.9 Å². The van der Waals surface area contributed by atoms with Gasteiger partial charge in [-0.1, -0.05) is 32.0 Å². The maximum Gasteiger partial charge on any atom is 0.0208 e. The number of hydrogen-bond donors (Lipinski definition) is 2. The van der Waals surface area contributed by atoms with Crippen LogP contribution in [-0.4, -0.2) is 19.1 Å². The molecule has 1 aromatic carbocycles. The smallest absolute Gasteiger partial charge is 0.0208 e. The van der Waals surface area contributed by atoms with Crippen LogP contribution in [0.15, 0.2) is 18.2 Å². The summed E-state index contributed by atoms with van der Waals surface area (Å²) in [5, 5.41) is 6.88. The second-order valence-electron chi connectivity index (χ2n) is 5.24. The molecule has 0 aliphatic carbocycles. The first kappa shape index (κ1) is 12.6. The average molecular weight is 232 g/mol. The lowest BCUT2D eigenvalue weighted by Crippen LogP contribution is -2.24. The Kier molecular flexibility index (Phi) is 4.57. The molecule has 17 heavy (non-hydrogen) atoms. The first-order valence-corrected chi connectivity index (χ1v) is 6.80. The lowest BCUT2D eigenvalue weighted by Gasteiger charge is -2.18. The molecule has 0 radical (unpaired) electrons. The van der Waals surface area contributed by atoms with Gasteiger partial charge in [-0.05, 0) is 49.0 Å². The summed E-state index contributed by atoms with van der Waals surface area (Å²) in [4.78, 5) is 0. The van der Waals surface area contributed by atoms with Crippen LogP contribution in [0.3, 0.4) is 0 Å². The molecule has 0 amide bonds. The second-order valence-corrected chi connectivity index (χ2v) is 5.24. The maximum absolute atomic E-state index is 3.47. The van der Waals surface area contributed by atoms with Crippen molar-refractivity contribution >= 4 is 0 Å². The van der Waals surface area contributed by atoms with Gasteiger partial charge < -0.3 is 10.6 Å². The predicted molar refractivity (Wildman–Crippen MR) is 73.3 cm³/mol. The molecule has 0 fully saturated rings. The fourth-order valence-electron chi connectivity index (χ4n) is 2.37. The van der Waals surface area contributed by atoms with E-state index in [1.165, 1.54) is 30.4 Å². The molecule has 1 heterocycles. The van der Waals surface area contributed by atoms with E-state index in [1.54, 1.807) is 5.56 Å². The van der Waals surface area contributed by atoms with E-state index in [1.807, 2.05) is 0 Å². The van der Waals surface area contributed by atoms with Gasteiger partial charge in [-0.15, -0.1) is 0 Å². The molecule has 94 valence electrons. The lowest BCUT2D eigenvalue weighted by atomic mass is 9.97. The largest absolute Gasteiger partial charge is 0.315 e. The zero-order chi connectivity index (χ0) is 12.1. The van der Waals surface area contributed by atoms with Gasteiger partial charge in [0.05, 0.1) is 0 Å². The van der Waals surface area contributed by atoms with Crippen molar-refractivity contribution in [2.45, 2.75) is 45.7 Å². The highest BCUT2D eigenvalue weighted by Crippen LogP contribution is 2.16. The van der Waals surface area contributed by atoms with E-state index in [4.69, 9.17) is 0 Å². The highest BCUT2D eigenvalue weighted by molar-refractivity contribution is 5.33. The zero-order valence-corrected chi connectivity index (χ0v) is 11.1. The van der Waals surface area contributed by atoms with Crippen molar-refractivity contribution in [2.24, 2.45) is 0 Å². The molecule has 0 unspecified atom stereocenters. The van der Waals surface area contributed by atoms with Crippen LogP contribution in [0.5, 0.6) is 0 Å². The molecule has 0 saturated heterocycles. The van der Waals surface area contributed by atoms with Crippen LogP contribution in [0.4, 0.5) is 0 Å². The van der Waals surface area contributed by atoms with Crippen molar-refractivity contribution in [3.63, 3.8) is 0 Å². The Labute approximate surface area is 105 Å². The van der Waals surface area contributed by atoms with E-state index in [9.17, 15) is 0 Å². The summed E-state index contributed by atoms with van der Waals surface area (Å²) >= 11 is 0. The number of hydrogen-bond acceptors (Lipinski definition) is 2. The minimum absolute atomic E-state index is 0.601. The summed E-state index contributed by atoms with van der Waals surface area (Å²) in [6, 6.07) is 7.60. The van der Waals surface area contributed by atoms with Gasteiger partial charge in [0.25, 0.3) is 0 Å². The monoisotopic (exact) mass is 232 g/mol.